The number of halogens is 1. The summed E-state index contributed by atoms with van der Waals surface area (Å²) in [5, 5.41) is 14.8. The first-order chi connectivity index (χ1) is 6.74. The zero-order chi connectivity index (χ0) is 10.1. The van der Waals surface area contributed by atoms with Crippen LogP contribution >= 0.6 is 11.6 Å². The second kappa shape index (κ2) is 3.91. The van der Waals surface area contributed by atoms with Crippen molar-refractivity contribution in [3.05, 3.63) is 16.9 Å². The number of aryl methyl sites for hydroxylation is 1. The molecule has 3 nitrogen and oxygen atoms in total. The molecule has 1 aromatic rings. The molecule has 0 saturated heterocycles. The minimum absolute atomic E-state index is 0.384. The van der Waals surface area contributed by atoms with Crippen LogP contribution in [-0.4, -0.2) is 14.9 Å². The molecule has 1 aromatic heterocycles. The van der Waals surface area contributed by atoms with Crippen LogP contribution in [0.15, 0.2) is 6.20 Å². The Morgan fingerprint density at radius 1 is 1.71 bits per heavy atom. The lowest BCUT2D eigenvalue weighted by atomic mass is 9.80. The molecule has 0 spiro atoms. The quantitative estimate of drug-likeness (QED) is 0.839. The van der Waals surface area contributed by atoms with Crippen LogP contribution in [0.4, 0.5) is 0 Å². The summed E-state index contributed by atoms with van der Waals surface area (Å²) >= 11 is 6.00. The molecule has 0 amide bonds. The third-order valence-electron chi connectivity index (χ3n) is 3.01. The third-order valence-corrected chi connectivity index (χ3v) is 3.30. The highest BCUT2D eigenvalue weighted by Gasteiger charge is 2.30. The molecule has 2 rings (SSSR count). The van der Waals surface area contributed by atoms with E-state index < -0.39 is 6.10 Å². The second-order valence-electron chi connectivity index (χ2n) is 3.83. The van der Waals surface area contributed by atoms with E-state index in [0.717, 1.165) is 25.1 Å². The van der Waals surface area contributed by atoms with E-state index in [0.29, 0.717) is 10.9 Å². The van der Waals surface area contributed by atoms with E-state index in [1.807, 2.05) is 6.92 Å². The smallest absolute Gasteiger partial charge is 0.0999 e. The number of hydrogen-bond acceptors (Lipinski definition) is 2. The molecular formula is C10H15ClN2O. The molecule has 1 heterocycles. The Kier molecular flexibility index (Phi) is 2.79. The highest BCUT2D eigenvalue weighted by Crippen LogP contribution is 2.39. The van der Waals surface area contributed by atoms with Gasteiger partial charge in [-0.25, -0.2) is 0 Å². The molecular weight excluding hydrogens is 200 g/mol. The summed E-state index contributed by atoms with van der Waals surface area (Å²) in [6.45, 7) is 2.76. The molecule has 1 fully saturated rings. The summed E-state index contributed by atoms with van der Waals surface area (Å²) < 4.78 is 1.78. The number of nitrogens with zero attached hydrogens (tertiary/aromatic N) is 2. The third kappa shape index (κ3) is 1.55. The molecule has 1 saturated carbocycles. The molecule has 0 aromatic carbocycles. The monoisotopic (exact) mass is 214 g/mol. The van der Waals surface area contributed by atoms with Gasteiger partial charge in [-0.05, 0) is 25.7 Å². The van der Waals surface area contributed by atoms with E-state index in [-0.39, 0.29) is 0 Å². The van der Waals surface area contributed by atoms with Crippen LogP contribution in [0.3, 0.4) is 0 Å². The van der Waals surface area contributed by atoms with Crippen molar-refractivity contribution in [1.29, 1.82) is 0 Å². The predicted octanol–water partition coefficient (Wildman–Crippen LogP) is 2.39. The first kappa shape index (κ1) is 9.99. The average molecular weight is 215 g/mol. The Bertz CT molecular complexity index is 320. The van der Waals surface area contributed by atoms with E-state index >= 15 is 0 Å². The van der Waals surface area contributed by atoms with Crippen molar-refractivity contribution < 1.29 is 5.11 Å². The lowest BCUT2D eigenvalue weighted by molar-refractivity contribution is 0.0549. The van der Waals surface area contributed by atoms with Gasteiger partial charge in [0.25, 0.3) is 0 Å². The highest BCUT2D eigenvalue weighted by molar-refractivity contribution is 6.31. The van der Waals surface area contributed by atoms with Gasteiger partial charge >= 0.3 is 0 Å². The highest BCUT2D eigenvalue weighted by atomic mass is 35.5. The fraction of sp³-hybridized carbons (Fsp3) is 0.700. The molecule has 0 bridgehead atoms. The maximum atomic E-state index is 10.1. The van der Waals surface area contributed by atoms with Crippen LogP contribution in [-0.2, 0) is 6.54 Å². The Morgan fingerprint density at radius 2 is 2.43 bits per heavy atom. The molecule has 1 aliphatic rings. The number of aliphatic hydroxyl groups is 1. The molecule has 1 N–H and O–H groups in total. The fourth-order valence-corrected chi connectivity index (χ4v) is 2.15. The van der Waals surface area contributed by atoms with Crippen molar-refractivity contribution in [1.82, 2.24) is 9.78 Å². The van der Waals surface area contributed by atoms with E-state index in [1.165, 1.54) is 6.42 Å². The van der Waals surface area contributed by atoms with Gasteiger partial charge in [-0.1, -0.05) is 18.0 Å². The van der Waals surface area contributed by atoms with Crippen LogP contribution in [0.1, 0.15) is 38.0 Å². The van der Waals surface area contributed by atoms with Crippen molar-refractivity contribution in [2.75, 3.05) is 0 Å². The summed E-state index contributed by atoms with van der Waals surface area (Å²) in [5.74, 6) is 0.384. The zero-order valence-electron chi connectivity index (χ0n) is 8.28. The van der Waals surface area contributed by atoms with Gasteiger partial charge in [0.05, 0.1) is 23.0 Å². The van der Waals surface area contributed by atoms with Crippen LogP contribution in [0, 0.1) is 5.92 Å². The minimum Gasteiger partial charge on any atom is -0.386 e. The van der Waals surface area contributed by atoms with Gasteiger partial charge in [0.15, 0.2) is 0 Å². The van der Waals surface area contributed by atoms with Gasteiger partial charge in [-0.2, -0.15) is 5.10 Å². The summed E-state index contributed by atoms with van der Waals surface area (Å²) in [7, 11) is 0. The van der Waals surface area contributed by atoms with Gasteiger partial charge in [0.1, 0.15) is 0 Å². The molecule has 4 heteroatoms. The normalized spacial score (nSPS) is 19.4. The standard InChI is InChI=1S/C10H15ClN2O/c1-2-13-9(8(11)6-12-13)10(14)7-4-3-5-7/h6-7,10,14H,2-5H2,1H3. The average Bonchev–Trinajstić information content (AvgIpc) is 2.43. The van der Waals surface area contributed by atoms with Crippen molar-refractivity contribution in [3.63, 3.8) is 0 Å². The van der Waals surface area contributed by atoms with Gasteiger partial charge in [0.2, 0.25) is 0 Å². The molecule has 1 unspecified atom stereocenters. The number of rotatable bonds is 3. The number of aliphatic hydroxyl groups excluding tert-OH is 1. The largest absolute Gasteiger partial charge is 0.386 e. The van der Waals surface area contributed by atoms with E-state index in [2.05, 4.69) is 5.10 Å². The maximum Gasteiger partial charge on any atom is 0.0999 e. The molecule has 78 valence electrons. The maximum absolute atomic E-state index is 10.1. The van der Waals surface area contributed by atoms with Crippen LogP contribution in [0.25, 0.3) is 0 Å². The van der Waals surface area contributed by atoms with Gasteiger partial charge < -0.3 is 5.11 Å². The summed E-state index contributed by atoms with van der Waals surface area (Å²) in [4.78, 5) is 0. The van der Waals surface area contributed by atoms with Crippen LogP contribution in [0.2, 0.25) is 5.02 Å². The minimum atomic E-state index is -0.432. The molecule has 0 radical (unpaired) electrons. The molecule has 0 aliphatic heterocycles. The number of aromatic nitrogens is 2. The summed E-state index contributed by atoms with van der Waals surface area (Å²) in [6.07, 6.45) is 4.61. The van der Waals surface area contributed by atoms with Gasteiger partial charge in [0, 0.05) is 6.54 Å². The van der Waals surface area contributed by atoms with Crippen LogP contribution < -0.4 is 0 Å². The van der Waals surface area contributed by atoms with E-state index in [4.69, 9.17) is 11.6 Å². The summed E-state index contributed by atoms with van der Waals surface area (Å²) in [5.41, 5.74) is 0.791. The predicted molar refractivity (Wildman–Crippen MR) is 55.2 cm³/mol. The Morgan fingerprint density at radius 3 is 2.93 bits per heavy atom. The van der Waals surface area contributed by atoms with Gasteiger partial charge in [-0.15, -0.1) is 0 Å². The Balaban J connectivity index is 2.23. The summed E-state index contributed by atoms with van der Waals surface area (Å²) in [6, 6.07) is 0. The van der Waals surface area contributed by atoms with Crippen molar-refractivity contribution in [2.24, 2.45) is 5.92 Å². The topological polar surface area (TPSA) is 38.0 Å². The SMILES string of the molecule is CCn1ncc(Cl)c1C(O)C1CCC1. The lowest BCUT2D eigenvalue weighted by Gasteiger charge is -2.30. The molecule has 1 aliphatic carbocycles. The number of hydrogen-bond donors (Lipinski definition) is 1. The van der Waals surface area contributed by atoms with Crippen molar-refractivity contribution in [2.45, 2.75) is 38.8 Å². The second-order valence-corrected chi connectivity index (χ2v) is 4.24. The van der Waals surface area contributed by atoms with E-state index in [1.54, 1.807) is 10.9 Å². The van der Waals surface area contributed by atoms with Gasteiger partial charge in [-0.3, -0.25) is 4.68 Å². The first-order valence-corrected chi connectivity index (χ1v) is 5.51. The van der Waals surface area contributed by atoms with Crippen molar-refractivity contribution in [3.8, 4) is 0 Å². The Hall–Kier alpha value is -0.540. The van der Waals surface area contributed by atoms with Crippen molar-refractivity contribution >= 4 is 11.6 Å². The van der Waals surface area contributed by atoms with E-state index in [9.17, 15) is 5.11 Å². The first-order valence-electron chi connectivity index (χ1n) is 5.13. The fourth-order valence-electron chi connectivity index (χ4n) is 1.90. The van der Waals surface area contributed by atoms with Crippen LogP contribution in [0.5, 0.6) is 0 Å². The molecule has 1 atom stereocenters. The lowest BCUT2D eigenvalue weighted by Crippen LogP contribution is -2.22. The zero-order valence-corrected chi connectivity index (χ0v) is 9.04. The molecule has 14 heavy (non-hydrogen) atoms. The Labute approximate surface area is 88.7 Å².